The standard InChI is InChI=1S/C9H17NO4/c11-6-8-14-7-2-5-10-4-1-3-9(12)13/h1,3,10-11H,2,4-8H2,(H,12,13)/b3-1+. The quantitative estimate of drug-likeness (QED) is 0.351. The fraction of sp³-hybridized carbons (Fsp3) is 0.667. The van der Waals surface area contributed by atoms with Gasteiger partial charge in [-0.15, -0.1) is 0 Å². The maximum Gasteiger partial charge on any atom is 0.328 e. The zero-order valence-corrected chi connectivity index (χ0v) is 8.11. The lowest BCUT2D eigenvalue weighted by Crippen LogP contribution is -2.17. The molecule has 0 amide bonds. The van der Waals surface area contributed by atoms with Crippen LogP contribution in [-0.2, 0) is 9.53 Å². The van der Waals surface area contributed by atoms with E-state index in [0.717, 1.165) is 19.0 Å². The van der Waals surface area contributed by atoms with E-state index in [1.54, 1.807) is 6.08 Å². The molecule has 0 aliphatic carbocycles. The third kappa shape index (κ3) is 11.1. The van der Waals surface area contributed by atoms with Gasteiger partial charge in [0.05, 0.1) is 13.2 Å². The molecule has 0 atom stereocenters. The van der Waals surface area contributed by atoms with Crippen LogP contribution in [0.15, 0.2) is 12.2 Å². The van der Waals surface area contributed by atoms with Crippen molar-refractivity contribution < 1.29 is 19.7 Å². The molecule has 0 saturated carbocycles. The van der Waals surface area contributed by atoms with Crippen molar-refractivity contribution in [3.63, 3.8) is 0 Å². The number of carboxylic acids is 1. The fourth-order valence-electron chi connectivity index (χ4n) is 0.811. The van der Waals surface area contributed by atoms with Gasteiger partial charge in [-0.05, 0) is 13.0 Å². The Morgan fingerprint density at radius 1 is 1.43 bits per heavy atom. The van der Waals surface area contributed by atoms with Crippen molar-refractivity contribution in [2.24, 2.45) is 0 Å². The number of carbonyl (C=O) groups is 1. The van der Waals surface area contributed by atoms with Gasteiger partial charge in [-0.2, -0.15) is 0 Å². The van der Waals surface area contributed by atoms with E-state index < -0.39 is 5.97 Å². The van der Waals surface area contributed by atoms with Crippen molar-refractivity contribution in [3.05, 3.63) is 12.2 Å². The molecule has 14 heavy (non-hydrogen) atoms. The second-order valence-electron chi connectivity index (χ2n) is 2.63. The molecule has 0 heterocycles. The molecule has 0 aromatic heterocycles. The van der Waals surface area contributed by atoms with Crippen molar-refractivity contribution in [2.75, 3.05) is 32.9 Å². The normalized spacial score (nSPS) is 10.9. The minimum atomic E-state index is -0.932. The van der Waals surface area contributed by atoms with Crippen molar-refractivity contribution in [2.45, 2.75) is 6.42 Å². The van der Waals surface area contributed by atoms with Crippen LogP contribution in [0.1, 0.15) is 6.42 Å². The number of carboxylic acid groups (broad SMARTS) is 1. The Hall–Kier alpha value is -0.910. The number of rotatable bonds is 9. The molecule has 0 radical (unpaired) electrons. The predicted octanol–water partition coefficient (Wildman–Crippen LogP) is -0.384. The summed E-state index contributed by atoms with van der Waals surface area (Å²) in [6.07, 6.45) is 3.51. The molecular formula is C9H17NO4. The number of aliphatic hydroxyl groups excluding tert-OH is 1. The van der Waals surface area contributed by atoms with E-state index in [2.05, 4.69) is 5.32 Å². The minimum absolute atomic E-state index is 0.0504. The largest absolute Gasteiger partial charge is 0.478 e. The lowest BCUT2D eigenvalue weighted by atomic mass is 10.4. The second kappa shape index (κ2) is 10.2. The number of hydrogen-bond acceptors (Lipinski definition) is 4. The first kappa shape index (κ1) is 13.1. The third-order valence-electron chi connectivity index (χ3n) is 1.40. The maximum atomic E-state index is 10.0. The van der Waals surface area contributed by atoms with Gasteiger partial charge in [0.15, 0.2) is 0 Å². The zero-order valence-electron chi connectivity index (χ0n) is 8.11. The Kier molecular flexibility index (Phi) is 9.51. The van der Waals surface area contributed by atoms with Gasteiger partial charge in [0.2, 0.25) is 0 Å². The first-order valence-electron chi connectivity index (χ1n) is 4.56. The number of nitrogens with one attached hydrogen (secondary N) is 1. The Labute approximate surface area is 83.4 Å². The highest BCUT2D eigenvalue weighted by atomic mass is 16.5. The Morgan fingerprint density at radius 2 is 2.21 bits per heavy atom. The molecule has 0 fully saturated rings. The number of aliphatic hydroxyl groups is 1. The highest BCUT2D eigenvalue weighted by Crippen LogP contribution is 1.80. The summed E-state index contributed by atoms with van der Waals surface area (Å²) in [5.74, 6) is -0.932. The lowest BCUT2D eigenvalue weighted by Gasteiger charge is -2.02. The smallest absolute Gasteiger partial charge is 0.328 e. The zero-order chi connectivity index (χ0) is 10.6. The molecule has 5 nitrogen and oxygen atoms in total. The van der Waals surface area contributed by atoms with Gasteiger partial charge < -0.3 is 20.3 Å². The predicted molar refractivity (Wildman–Crippen MR) is 52.2 cm³/mol. The number of aliphatic carboxylic acids is 1. The molecule has 0 unspecified atom stereocenters. The molecule has 0 rings (SSSR count). The van der Waals surface area contributed by atoms with E-state index in [0.29, 0.717) is 19.8 Å². The number of ether oxygens (including phenoxy) is 1. The van der Waals surface area contributed by atoms with Crippen molar-refractivity contribution in [3.8, 4) is 0 Å². The first-order chi connectivity index (χ1) is 6.77. The van der Waals surface area contributed by atoms with Crippen molar-refractivity contribution in [1.82, 2.24) is 5.32 Å². The van der Waals surface area contributed by atoms with E-state index in [-0.39, 0.29) is 6.61 Å². The molecule has 0 aromatic rings. The van der Waals surface area contributed by atoms with E-state index in [4.69, 9.17) is 14.9 Å². The maximum absolute atomic E-state index is 10.0. The van der Waals surface area contributed by atoms with Gasteiger partial charge >= 0.3 is 5.97 Å². The van der Waals surface area contributed by atoms with E-state index in [1.165, 1.54) is 0 Å². The van der Waals surface area contributed by atoms with Gasteiger partial charge in [-0.25, -0.2) is 4.79 Å². The van der Waals surface area contributed by atoms with Gasteiger partial charge in [0.25, 0.3) is 0 Å². The van der Waals surface area contributed by atoms with Crippen LogP contribution in [0.25, 0.3) is 0 Å². The van der Waals surface area contributed by atoms with Crippen LogP contribution < -0.4 is 5.32 Å². The van der Waals surface area contributed by atoms with E-state index >= 15 is 0 Å². The summed E-state index contributed by atoms with van der Waals surface area (Å²) < 4.78 is 5.03. The van der Waals surface area contributed by atoms with Crippen LogP contribution in [0, 0.1) is 0 Å². The summed E-state index contributed by atoms with van der Waals surface area (Å²) in [4.78, 5) is 10.0. The average molecular weight is 203 g/mol. The Bertz CT molecular complexity index is 170. The molecule has 3 N–H and O–H groups in total. The first-order valence-corrected chi connectivity index (χ1v) is 4.56. The SMILES string of the molecule is O=C(O)/C=C/CNCCCOCCO. The van der Waals surface area contributed by atoms with Gasteiger partial charge in [-0.3, -0.25) is 0 Å². The van der Waals surface area contributed by atoms with Crippen LogP contribution >= 0.6 is 0 Å². The number of hydrogen-bond donors (Lipinski definition) is 3. The lowest BCUT2D eigenvalue weighted by molar-refractivity contribution is -0.131. The fourth-order valence-corrected chi connectivity index (χ4v) is 0.811. The summed E-state index contributed by atoms with van der Waals surface area (Å²) in [5, 5.41) is 19.7. The summed E-state index contributed by atoms with van der Waals surface area (Å²) in [6.45, 7) is 2.35. The Balaban J connectivity index is 3.02. The molecule has 0 spiro atoms. The second-order valence-corrected chi connectivity index (χ2v) is 2.63. The average Bonchev–Trinajstić information content (AvgIpc) is 2.15. The van der Waals surface area contributed by atoms with Gasteiger partial charge in [0.1, 0.15) is 0 Å². The van der Waals surface area contributed by atoms with Crippen LogP contribution in [0.5, 0.6) is 0 Å². The molecule has 82 valence electrons. The van der Waals surface area contributed by atoms with E-state index in [9.17, 15) is 4.79 Å². The van der Waals surface area contributed by atoms with Crippen LogP contribution in [0.3, 0.4) is 0 Å². The third-order valence-corrected chi connectivity index (χ3v) is 1.40. The highest BCUT2D eigenvalue weighted by molar-refractivity contribution is 5.79. The summed E-state index contributed by atoms with van der Waals surface area (Å²) in [6, 6.07) is 0. The van der Waals surface area contributed by atoms with Crippen LogP contribution in [0.4, 0.5) is 0 Å². The molecule has 0 aromatic carbocycles. The molecular weight excluding hydrogens is 186 g/mol. The van der Waals surface area contributed by atoms with Crippen LogP contribution in [-0.4, -0.2) is 49.1 Å². The van der Waals surface area contributed by atoms with Crippen molar-refractivity contribution in [1.29, 1.82) is 0 Å². The summed E-state index contributed by atoms with van der Waals surface area (Å²) >= 11 is 0. The molecule has 0 saturated heterocycles. The van der Waals surface area contributed by atoms with Crippen molar-refractivity contribution >= 4 is 5.97 Å². The Morgan fingerprint density at radius 3 is 2.86 bits per heavy atom. The summed E-state index contributed by atoms with van der Waals surface area (Å²) in [5.41, 5.74) is 0. The monoisotopic (exact) mass is 203 g/mol. The van der Waals surface area contributed by atoms with Gasteiger partial charge in [-0.1, -0.05) is 6.08 Å². The highest BCUT2D eigenvalue weighted by Gasteiger charge is 1.88. The molecule has 0 aliphatic heterocycles. The molecule has 0 aliphatic rings. The van der Waals surface area contributed by atoms with Gasteiger partial charge in [0, 0.05) is 19.2 Å². The molecule has 5 heteroatoms. The molecule has 0 bridgehead atoms. The van der Waals surface area contributed by atoms with Crippen LogP contribution in [0.2, 0.25) is 0 Å². The topological polar surface area (TPSA) is 78.8 Å². The minimum Gasteiger partial charge on any atom is -0.478 e. The summed E-state index contributed by atoms with van der Waals surface area (Å²) in [7, 11) is 0. The van der Waals surface area contributed by atoms with E-state index in [1.807, 2.05) is 0 Å².